The predicted octanol–water partition coefficient (Wildman–Crippen LogP) is 2.23. The molecule has 0 radical (unpaired) electrons. The Labute approximate surface area is 116 Å². The van der Waals surface area contributed by atoms with E-state index in [2.05, 4.69) is 15.1 Å². The van der Waals surface area contributed by atoms with Gasteiger partial charge in [-0.1, -0.05) is 5.16 Å². The molecule has 0 fully saturated rings. The Morgan fingerprint density at radius 1 is 1.37 bits per heavy atom. The van der Waals surface area contributed by atoms with E-state index in [1.165, 1.54) is 11.3 Å². The summed E-state index contributed by atoms with van der Waals surface area (Å²) in [5.41, 5.74) is 5.88. The van der Waals surface area contributed by atoms with Crippen LogP contribution in [0.25, 0.3) is 10.8 Å². The molecule has 0 atom stereocenters. The molecule has 0 saturated carbocycles. The molecular weight excluding hydrogens is 264 g/mol. The molecule has 2 aromatic heterocycles. The van der Waals surface area contributed by atoms with Crippen LogP contribution in [-0.2, 0) is 16.9 Å². The first-order valence-electron chi connectivity index (χ1n) is 6.12. The molecule has 7 heteroatoms. The molecule has 2 rings (SSSR count). The lowest BCUT2D eigenvalue weighted by atomic mass is 10.1. The Morgan fingerprint density at radius 3 is 2.68 bits per heavy atom. The predicted molar refractivity (Wildman–Crippen MR) is 72.7 cm³/mol. The summed E-state index contributed by atoms with van der Waals surface area (Å²) >= 11 is 1.48. The van der Waals surface area contributed by atoms with Crippen LogP contribution in [0.4, 0.5) is 0 Å². The maximum Gasteiger partial charge on any atom is 0.270 e. The average molecular weight is 282 g/mol. The molecule has 104 valence electrons. The number of aryl methyl sites for hydroxylation is 1. The normalized spacial score (nSPS) is 12.1. The first-order chi connectivity index (χ1) is 8.97. The Balaban J connectivity index is 2.32. The second kappa shape index (κ2) is 5.36. The fraction of sp³-hybridized carbons (Fsp3) is 0.583. The standard InChI is InChI=1S/C12H18N4O2S/c1-5-17-12(3,4)11-15-10(18-16-11)9-7(2)14-8(6-13)19-9/h5-6,13H2,1-4H3. The maximum atomic E-state index is 5.60. The van der Waals surface area contributed by atoms with E-state index < -0.39 is 5.60 Å². The number of nitrogens with zero attached hydrogens (tertiary/aromatic N) is 3. The van der Waals surface area contributed by atoms with Gasteiger partial charge in [0.05, 0.1) is 5.69 Å². The van der Waals surface area contributed by atoms with Gasteiger partial charge >= 0.3 is 0 Å². The van der Waals surface area contributed by atoms with Crippen LogP contribution in [0.3, 0.4) is 0 Å². The molecule has 6 nitrogen and oxygen atoms in total. The molecule has 0 bridgehead atoms. The topological polar surface area (TPSA) is 87.1 Å². The van der Waals surface area contributed by atoms with Gasteiger partial charge < -0.3 is 15.0 Å². The van der Waals surface area contributed by atoms with E-state index in [0.717, 1.165) is 15.6 Å². The summed E-state index contributed by atoms with van der Waals surface area (Å²) in [7, 11) is 0. The summed E-state index contributed by atoms with van der Waals surface area (Å²) in [6, 6.07) is 0. The highest BCUT2D eigenvalue weighted by Gasteiger charge is 2.28. The minimum absolute atomic E-state index is 0.414. The lowest BCUT2D eigenvalue weighted by Crippen LogP contribution is -2.23. The van der Waals surface area contributed by atoms with E-state index in [9.17, 15) is 0 Å². The SMILES string of the molecule is CCOC(C)(C)c1noc(-c2sc(CN)nc2C)n1. The molecule has 2 N–H and O–H groups in total. The van der Waals surface area contributed by atoms with E-state index in [-0.39, 0.29) is 0 Å². The molecule has 0 amide bonds. The largest absolute Gasteiger partial charge is 0.368 e. The molecular formula is C12H18N4O2S. The third-order valence-corrected chi connectivity index (χ3v) is 3.85. The zero-order valence-electron chi connectivity index (χ0n) is 11.6. The molecule has 0 aliphatic rings. The molecule has 0 saturated heterocycles. The van der Waals surface area contributed by atoms with Crippen LogP contribution in [-0.4, -0.2) is 21.7 Å². The van der Waals surface area contributed by atoms with Crippen LogP contribution in [0.15, 0.2) is 4.52 Å². The highest BCUT2D eigenvalue weighted by Crippen LogP contribution is 2.30. The fourth-order valence-corrected chi connectivity index (χ4v) is 2.59. The number of rotatable bonds is 5. The minimum atomic E-state index is -0.564. The van der Waals surface area contributed by atoms with E-state index >= 15 is 0 Å². The highest BCUT2D eigenvalue weighted by atomic mass is 32.1. The zero-order chi connectivity index (χ0) is 14.0. The fourth-order valence-electron chi connectivity index (χ4n) is 1.72. The van der Waals surface area contributed by atoms with Gasteiger partial charge in [0.1, 0.15) is 15.5 Å². The second-order valence-electron chi connectivity index (χ2n) is 4.59. The number of hydrogen-bond acceptors (Lipinski definition) is 7. The quantitative estimate of drug-likeness (QED) is 0.904. The molecule has 19 heavy (non-hydrogen) atoms. The number of thiazole rings is 1. The van der Waals surface area contributed by atoms with Crippen LogP contribution in [0.5, 0.6) is 0 Å². The van der Waals surface area contributed by atoms with Crippen molar-refractivity contribution in [3.63, 3.8) is 0 Å². The van der Waals surface area contributed by atoms with Crippen LogP contribution < -0.4 is 5.73 Å². The van der Waals surface area contributed by atoms with Gasteiger partial charge in [-0.15, -0.1) is 11.3 Å². The van der Waals surface area contributed by atoms with E-state index in [1.807, 2.05) is 27.7 Å². The first kappa shape index (κ1) is 14.1. The molecule has 0 aliphatic carbocycles. The second-order valence-corrected chi connectivity index (χ2v) is 5.68. The molecule has 0 aliphatic heterocycles. The minimum Gasteiger partial charge on any atom is -0.368 e. The van der Waals surface area contributed by atoms with Gasteiger partial charge in [0.25, 0.3) is 5.89 Å². The van der Waals surface area contributed by atoms with Crippen LogP contribution in [0, 0.1) is 6.92 Å². The van der Waals surface area contributed by atoms with Crippen molar-refractivity contribution in [3.8, 4) is 10.8 Å². The smallest absolute Gasteiger partial charge is 0.270 e. The van der Waals surface area contributed by atoms with Crippen molar-refractivity contribution in [2.24, 2.45) is 5.73 Å². The van der Waals surface area contributed by atoms with Gasteiger partial charge in [-0.2, -0.15) is 4.98 Å². The molecule has 2 aromatic rings. The van der Waals surface area contributed by atoms with Gasteiger partial charge in [-0.3, -0.25) is 0 Å². The van der Waals surface area contributed by atoms with Crippen LogP contribution in [0.2, 0.25) is 0 Å². The van der Waals surface area contributed by atoms with Gasteiger partial charge in [-0.25, -0.2) is 4.98 Å². The van der Waals surface area contributed by atoms with Gasteiger partial charge in [0, 0.05) is 13.2 Å². The van der Waals surface area contributed by atoms with Crippen molar-refractivity contribution in [1.82, 2.24) is 15.1 Å². The van der Waals surface area contributed by atoms with Gasteiger partial charge in [0.2, 0.25) is 5.82 Å². The number of aromatic nitrogens is 3. The Hall–Kier alpha value is -1.31. The average Bonchev–Trinajstić information content (AvgIpc) is 2.95. The first-order valence-corrected chi connectivity index (χ1v) is 6.94. The lowest BCUT2D eigenvalue weighted by molar-refractivity contribution is -0.0221. The van der Waals surface area contributed by atoms with Crippen molar-refractivity contribution >= 4 is 11.3 Å². The maximum absolute atomic E-state index is 5.60. The number of ether oxygens (including phenoxy) is 1. The summed E-state index contributed by atoms with van der Waals surface area (Å²) in [6.45, 7) is 8.67. The van der Waals surface area contributed by atoms with Crippen molar-refractivity contribution in [3.05, 3.63) is 16.5 Å². The monoisotopic (exact) mass is 282 g/mol. The summed E-state index contributed by atoms with van der Waals surface area (Å²) in [5.74, 6) is 1.00. The number of nitrogens with two attached hydrogens (primary N) is 1. The Bertz CT molecular complexity index is 562. The molecule has 0 aromatic carbocycles. The van der Waals surface area contributed by atoms with Gasteiger partial charge in [0.15, 0.2) is 0 Å². The summed E-state index contributed by atoms with van der Waals surface area (Å²) in [4.78, 5) is 9.62. The van der Waals surface area contributed by atoms with Crippen LogP contribution in [0.1, 0.15) is 37.3 Å². The van der Waals surface area contributed by atoms with Crippen molar-refractivity contribution in [1.29, 1.82) is 0 Å². The molecule has 0 unspecified atom stereocenters. The molecule has 2 heterocycles. The zero-order valence-corrected chi connectivity index (χ0v) is 12.4. The Kier molecular flexibility index (Phi) is 3.98. The van der Waals surface area contributed by atoms with E-state index in [1.54, 1.807) is 0 Å². The third-order valence-electron chi connectivity index (χ3n) is 2.68. The highest BCUT2D eigenvalue weighted by molar-refractivity contribution is 7.15. The van der Waals surface area contributed by atoms with Gasteiger partial charge in [-0.05, 0) is 27.7 Å². The third kappa shape index (κ3) is 2.83. The van der Waals surface area contributed by atoms with Crippen molar-refractivity contribution in [2.75, 3.05) is 6.61 Å². The van der Waals surface area contributed by atoms with E-state index in [4.69, 9.17) is 15.0 Å². The summed E-state index contributed by atoms with van der Waals surface area (Å²) in [6.07, 6.45) is 0. The van der Waals surface area contributed by atoms with E-state index in [0.29, 0.717) is 24.9 Å². The number of hydrogen-bond donors (Lipinski definition) is 1. The van der Waals surface area contributed by atoms with Crippen LogP contribution >= 0.6 is 11.3 Å². The molecule has 0 spiro atoms. The van der Waals surface area contributed by atoms with Crippen molar-refractivity contribution in [2.45, 2.75) is 39.8 Å². The summed E-state index contributed by atoms with van der Waals surface area (Å²) < 4.78 is 10.9. The lowest BCUT2D eigenvalue weighted by Gasteiger charge is -2.19. The summed E-state index contributed by atoms with van der Waals surface area (Å²) in [5, 5.41) is 4.85. The van der Waals surface area contributed by atoms with Crippen molar-refractivity contribution < 1.29 is 9.26 Å². The Morgan fingerprint density at radius 2 is 2.11 bits per heavy atom.